The van der Waals surface area contributed by atoms with E-state index in [9.17, 15) is 9.59 Å². The first-order chi connectivity index (χ1) is 8.92. The van der Waals surface area contributed by atoms with Crippen LogP contribution in [-0.4, -0.2) is 34.8 Å². The van der Waals surface area contributed by atoms with Crippen LogP contribution >= 0.6 is 0 Å². The van der Waals surface area contributed by atoms with Crippen LogP contribution in [0.25, 0.3) is 0 Å². The minimum Gasteiger partial charge on any atom is -0.343 e. The lowest BCUT2D eigenvalue weighted by Crippen LogP contribution is -2.65. The average Bonchev–Trinajstić information content (AvgIpc) is 2.34. The van der Waals surface area contributed by atoms with E-state index >= 15 is 0 Å². The van der Waals surface area contributed by atoms with Crippen molar-refractivity contribution in [3.63, 3.8) is 0 Å². The number of rotatable bonds is 6. The Hall–Kier alpha value is -1.06. The maximum absolute atomic E-state index is 12.6. The highest BCUT2D eigenvalue weighted by Crippen LogP contribution is 2.22. The fraction of sp³-hybridized carbons (Fsp3) is 0.867. The van der Waals surface area contributed by atoms with Crippen molar-refractivity contribution in [3.8, 4) is 0 Å². The summed E-state index contributed by atoms with van der Waals surface area (Å²) in [6, 6.07) is -0.493. The third-order valence-electron chi connectivity index (χ3n) is 3.85. The molecule has 3 atom stereocenters. The maximum Gasteiger partial charge on any atom is 0.246 e. The van der Waals surface area contributed by atoms with Crippen LogP contribution in [0.15, 0.2) is 0 Å². The zero-order chi connectivity index (χ0) is 14.6. The van der Waals surface area contributed by atoms with Crippen molar-refractivity contribution in [1.82, 2.24) is 10.2 Å². The minimum atomic E-state index is -0.324. The predicted octanol–water partition coefficient (Wildman–Crippen LogP) is 2.33. The molecule has 1 rings (SSSR count). The van der Waals surface area contributed by atoms with Crippen molar-refractivity contribution < 1.29 is 9.59 Å². The van der Waals surface area contributed by atoms with Gasteiger partial charge in [0, 0.05) is 6.04 Å². The molecule has 0 aromatic rings. The van der Waals surface area contributed by atoms with Gasteiger partial charge in [-0.2, -0.15) is 0 Å². The second kappa shape index (κ2) is 6.92. The molecular formula is C15H28N2O2. The van der Waals surface area contributed by atoms with E-state index < -0.39 is 0 Å². The average molecular weight is 268 g/mol. The molecule has 1 aliphatic heterocycles. The van der Waals surface area contributed by atoms with Gasteiger partial charge in [0.15, 0.2) is 0 Å². The smallest absolute Gasteiger partial charge is 0.246 e. The number of nitrogens with one attached hydrogen (secondary N) is 1. The molecular weight excluding hydrogens is 240 g/mol. The quantitative estimate of drug-likeness (QED) is 0.803. The summed E-state index contributed by atoms with van der Waals surface area (Å²) >= 11 is 0. The monoisotopic (exact) mass is 268 g/mol. The maximum atomic E-state index is 12.6. The van der Waals surface area contributed by atoms with Gasteiger partial charge in [-0.3, -0.25) is 9.59 Å². The van der Waals surface area contributed by atoms with E-state index in [2.05, 4.69) is 26.1 Å². The molecule has 0 aromatic carbocycles. The number of hydrogen-bond donors (Lipinski definition) is 1. The van der Waals surface area contributed by atoms with E-state index in [1.807, 2.05) is 18.7 Å². The van der Waals surface area contributed by atoms with Gasteiger partial charge in [0.1, 0.15) is 12.1 Å². The highest BCUT2D eigenvalue weighted by molar-refractivity contribution is 5.97. The number of nitrogens with zero attached hydrogens (tertiary/aromatic N) is 1. The summed E-state index contributed by atoms with van der Waals surface area (Å²) in [7, 11) is 0. The molecule has 4 heteroatoms. The van der Waals surface area contributed by atoms with Crippen LogP contribution in [0, 0.1) is 5.92 Å². The number of hydrogen-bond acceptors (Lipinski definition) is 2. The van der Waals surface area contributed by atoms with E-state index in [4.69, 9.17) is 0 Å². The molecule has 1 N–H and O–H groups in total. The van der Waals surface area contributed by atoms with Gasteiger partial charge in [-0.05, 0) is 32.1 Å². The number of amides is 2. The first-order valence-corrected chi connectivity index (χ1v) is 7.54. The van der Waals surface area contributed by atoms with Crippen LogP contribution in [0.2, 0.25) is 0 Å². The molecule has 1 saturated heterocycles. The molecule has 1 fully saturated rings. The van der Waals surface area contributed by atoms with Gasteiger partial charge in [-0.15, -0.1) is 0 Å². The summed E-state index contributed by atoms with van der Waals surface area (Å²) in [4.78, 5) is 26.7. The second-order valence-corrected chi connectivity index (χ2v) is 6.00. The van der Waals surface area contributed by atoms with Crippen LogP contribution in [0.3, 0.4) is 0 Å². The fourth-order valence-electron chi connectivity index (χ4n) is 2.66. The second-order valence-electron chi connectivity index (χ2n) is 6.00. The van der Waals surface area contributed by atoms with Crippen molar-refractivity contribution in [2.45, 2.75) is 78.4 Å². The predicted molar refractivity (Wildman–Crippen MR) is 76.7 cm³/mol. The zero-order valence-corrected chi connectivity index (χ0v) is 12.9. The van der Waals surface area contributed by atoms with Crippen molar-refractivity contribution in [1.29, 1.82) is 0 Å². The highest BCUT2D eigenvalue weighted by Gasteiger charge is 2.41. The van der Waals surface area contributed by atoms with Crippen molar-refractivity contribution in [2.24, 2.45) is 5.92 Å². The van der Waals surface area contributed by atoms with Crippen LogP contribution in [0.5, 0.6) is 0 Å². The fourth-order valence-corrected chi connectivity index (χ4v) is 2.66. The first-order valence-electron chi connectivity index (χ1n) is 7.54. The van der Waals surface area contributed by atoms with E-state index in [-0.39, 0.29) is 29.9 Å². The zero-order valence-electron chi connectivity index (χ0n) is 12.9. The molecule has 0 saturated carbocycles. The summed E-state index contributed by atoms with van der Waals surface area (Å²) in [6.07, 6.45) is 3.25. The third-order valence-corrected chi connectivity index (χ3v) is 3.85. The summed E-state index contributed by atoms with van der Waals surface area (Å²) < 4.78 is 0. The molecule has 0 aromatic heterocycles. The molecule has 3 unspecified atom stereocenters. The molecule has 4 nitrogen and oxygen atoms in total. The van der Waals surface area contributed by atoms with Crippen molar-refractivity contribution >= 4 is 11.8 Å². The normalized spacial score (nSPS) is 25.7. The Labute approximate surface area is 116 Å². The van der Waals surface area contributed by atoms with Gasteiger partial charge in [-0.25, -0.2) is 0 Å². The molecule has 110 valence electrons. The van der Waals surface area contributed by atoms with Gasteiger partial charge in [-0.1, -0.05) is 34.1 Å². The molecule has 0 spiro atoms. The van der Waals surface area contributed by atoms with Crippen LogP contribution in [0.1, 0.15) is 60.3 Å². The summed E-state index contributed by atoms with van der Waals surface area (Å²) in [5.74, 6) is 0.520. The topological polar surface area (TPSA) is 49.4 Å². The Morgan fingerprint density at radius 3 is 2.32 bits per heavy atom. The Morgan fingerprint density at radius 1 is 1.21 bits per heavy atom. The lowest BCUT2D eigenvalue weighted by Gasteiger charge is -2.43. The van der Waals surface area contributed by atoms with E-state index in [0.29, 0.717) is 5.92 Å². The van der Waals surface area contributed by atoms with Gasteiger partial charge in [0.25, 0.3) is 0 Å². The lowest BCUT2D eigenvalue weighted by molar-refractivity contribution is -0.152. The van der Waals surface area contributed by atoms with Gasteiger partial charge in [0.2, 0.25) is 11.8 Å². The van der Waals surface area contributed by atoms with E-state index in [0.717, 1.165) is 25.7 Å². The third kappa shape index (κ3) is 3.71. The van der Waals surface area contributed by atoms with E-state index in [1.165, 1.54) is 0 Å². The highest BCUT2D eigenvalue weighted by atomic mass is 16.2. The Bertz CT molecular complexity index is 328. The Kier molecular flexibility index (Phi) is 5.83. The number of carbonyl (C=O) groups is 2. The largest absolute Gasteiger partial charge is 0.343 e. The number of carbonyl (C=O) groups excluding carboxylic acids is 2. The summed E-state index contributed by atoms with van der Waals surface area (Å²) in [6.45, 7) is 10.3. The molecule has 2 amide bonds. The standard InChI is InChI=1S/C15H28N2O2/c1-6-8-12-15(19)17(11(5)7-2)13(9-10(3)4)14(18)16-12/h10-13H,6-9H2,1-5H3,(H,16,18). The summed E-state index contributed by atoms with van der Waals surface area (Å²) in [5, 5.41) is 2.90. The van der Waals surface area contributed by atoms with Crippen LogP contribution < -0.4 is 5.32 Å². The number of piperazine rings is 1. The molecule has 0 aliphatic carbocycles. The Morgan fingerprint density at radius 2 is 1.84 bits per heavy atom. The van der Waals surface area contributed by atoms with E-state index in [1.54, 1.807) is 0 Å². The molecule has 0 radical (unpaired) electrons. The van der Waals surface area contributed by atoms with Crippen LogP contribution in [-0.2, 0) is 9.59 Å². The molecule has 19 heavy (non-hydrogen) atoms. The SMILES string of the molecule is CCCC1NC(=O)C(CC(C)C)N(C(C)CC)C1=O. The minimum absolute atomic E-state index is 0.0204. The van der Waals surface area contributed by atoms with Gasteiger partial charge >= 0.3 is 0 Å². The van der Waals surface area contributed by atoms with Gasteiger partial charge < -0.3 is 10.2 Å². The molecule has 1 aliphatic rings. The van der Waals surface area contributed by atoms with Crippen molar-refractivity contribution in [3.05, 3.63) is 0 Å². The molecule has 1 heterocycles. The Balaban J connectivity index is 2.96. The lowest BCUT2D eigenvalue weighted by atomic mass is 9.94. The van der Waals surface area contributed by atoms with Gasteiger partial charge in [0.05, 0.1) is 0 Å². The molecule has 0 bridgehead atoms. The first kappa shape index (κ1) is 16.0. The van der Waals surface area contributed by atoms with Crippen LogP contribution in [0.4, 0.5) is 0 Å². The summed E-state index contributed by atoms with van der Waals surface area (Å²) in [5.41, 5.74) is 0. The van der Waals surface area contributed by atoms with Crippen molar-refractivity contribution in [2.75, 3.05) is 0 Å².